The van der Waals surface area contributed by atoms with Crippen LogP contribution in [0.4, 0.5) is 17.6 Å². The van der Waals surface area contributed by atoms with E-state index < -0.39 is 30.2 Å². The normalized spacial score (nSPS) is 12.1. The first-order valence-electron chi connectivity index (χ1n) is 6.67. The minimum Gasteiger partial charge on any atom is -0.435 e. The van der Waals surface area contributed by atoms with Crippen molar-refractivity contribution in [1.82, 2.24) is 5.32 Å². The summed E-state index contributed by atoms with van der Waals surface area (Å²) >= 11 is 0. The van der Waals surface area contributed by atoms with Crippen LogP contribution in [0.2, 0.25) is 0 Å². The van der Waals surface area contributed by atoms with Crippen LogP contribution in [0.15, 0.2) is 42.5 Å². The number of hydrogen-bond donors (Lipinski definition) is 1. The Bertz CT molecular complexity index is 706. The minimum absolute atomic E-state index is 0.109. The van der Waals surface area contributed by atoms with Crippen LogP contribution in [0.5, 0.6) is 5.75 Å². The second-order valence-corrected chi connectivity index (χ2v) is 4.78. The number of benzene rings is 2. The van der Waals surface area contributed by atoms with Crippen molar-refractivity contribution in [3.05, 3.63) is 65.2 Å². The van der Waals surface area contributed by atoms with Crippen LogP contribution in [0, 0.1) is 11.6 Å². The van der Waals surface area contributed by atoms with E-state index in [2.05, 4.69) is 10.1 Å². The summed E-state index contributed by atoms with van der Waals surface area (Å²) < 4.78 is 54.7. The van der Waals surface area contributed by atoms with Gasteiger partial charge in [0, 0.05) is 5.56 Å². The topological polar surface area (TPSA) is 38.3 Å². The predicted molar refractivity (Wildman–Crippen MR) is 75.3 cm³/mol. The molecule has 1 unspecified atom stereocenters. The number of carbonyl (C=O) groups excluding carboxylic acids is 1. The fourth-order valence-electron chi connectivity index (χ4n) is 1.96. The third-order valence-corrected chi connectivity index (χ3v) is 3.11. The lowest BCUT2D eigenvalue weighted by Gasteiger charge is -2.15. The van der Waals surface area contributed by atoms with Gasteiger partial charge in [-0.2, -0.15) is 8.78 Å². The van der Waals surface area contributed by atoms with Gasteiger partial charge in [-0.05, 0) is 42.8 Å². The second-order valence-electron chi connectivity index (χ2n) is 4.78. The van der Waals surface area contributed by atoms with Gasteiger partial charge in [0.1, 0.15) is 5.75 Å². The molecule has 0 aliphatic carbocycles. The number of amides is 1. The summed E-state index contributed by atoms with van der Waals surface area (Å²) in [5.74, 6) is -2.70. The van der Waals surface area contributed by atoms with Crippen LogP contribution < -0.4 is 10.1 Å². The summed E-state index contributed by atoms with van der Waals surface area (Å²) in [6.07, 6.45) is 0. The molecule has 23 heavy (non-hydrogen) atoms. The van der Waals surface area contributed by atoms with Crippen molar-refractivity contribution in [1.29, 1.82) is 0 Å². The van der Waals surface area contributed by atoms with E-state index in [1.165, 1.54) is 30.3 Å². The Labute approximate surface area is 129 Å². The molecule has 0 bridgehead atoms. The van der Waals surface area contributed by atoms with Gasteiger partial charge in [-0.15, -0.1) is 0 Å². The zero-order chi connectivity index (χ0) is 17.0. The van der Waals surface area contributed by atoms with Crippen molar-refractivity contribution in [2.24, 2.45) is 0 Å². The molecular weight excluding hydrogens is 314 g/mol. The number of ether oxygens (including phenoxy) is 1. The van der Waals surface area contributed by atoms with Gasteiger partial charge in [-0.3, -0.25) is 4.79 Å². The average molecular weight is 327 g/mol. The maximum Gasteiger partial charge on any atom is 0.387 e. The summed E-state index contributed by atoms with van der Waals surface area (Å²) in [5.41, 5.74) is 0.481. The Kier molecular flexibility index (Phi) is 5.20. The van der Waals surface area contributed by atoms with Gasteiger partial charge >= 0.3 is 6.61 Å². The third kappa shape index (κ3) is 4.45. The molecule has 0 saturated heterocycles. The predicted octanol–water partition coefficient (Wildman–Crippen LogP) is 4.06. The SMILES string of the molecule is CC(NC(=O)c1cccc(OC(F)F)c1)c1ccc(F)c(F)c1. The standard InChI is InChI=1S/C16H13F4NO2/c1-9(10-5-6-13(17)14(18)8-10)21-15(22)11-3-2-4-12(7-11)23-16(19)20/h2-9,16H,1H3,(H,21,22). The fraction of sp³-hybridized carbons (Fsp3) is 0.188. The Balaban J connectivity index is 2.10. The van der Waals surface area contributed by atoms with Crippen molar-refractivity contribution < 1.29 is 27.1 Å². The maximum absolute atomic E-state index is 13.2. The minimum atomic E-state index is -2.99. The van der Waals surface area contributed by atoms with E-state index in [4.69, 9.17) is 0 Å². The van der Waals surface area contributed by atoms with Gasteiger partial charge in [0.05, 0.1) is 6.04 Å². The van der Waals surface area contributed by atoms with Crippen molar-refractivity contribution >= 4 is 5.91 Å². The molecule has 2 rings (SSSR count). The van der Waals surface area contributed by atoms with Crippen molar-refractivity contribution in [3.8, 4) is 5.75 Å². The van der Waals surface area contributed by atoms with E-state index in [9.17, 15) is 22.4 Å². The Morgan fingerprint density at radius 2 is 1.83 bits per heavy atom. The smallest absolute Gasteiger partial charge is 0.387 e. The molecular formula is C16H13F4NO2. The number of nitrogens with one attached hydrogen (secondary N) is 1. The van der Waals surface area contributed by atoms with Crippen LogP contribution in [0.1, 0.15) is 28.9 Å². The van der Waals surface area contributed by atoms with E-state index in [1.807, 2.05) is 0 Å². The highest BCUT2D eigenvalue weighted by molar-refractivity contribution is 5.94. The number of carbonyl (C=O) groups is 1. The van der Waals surface area contributed by atoms with Crippen LogP contribution >= 0.6 is 0 Å². The quantitative estimate of drug-likeness (QED) is 0.841. The van der Waals surface area contributed by atoms with Crippen LogP contribution in [0.3, 0.4) is 0 Å². The molecule has 3 nitrogen and oxygen atoms in total. The number of halogens is 4. The molecule has 2 aromatic carbocycles. The van der Waals surface area contributed by atoms with Gasteiger partial charge in [0.15, 0.2) is 11.6 Å². The lowest BCUT2D eigenvalue weighted by atomic mass is 10.1. The van der Waals surface area contributed by atoms with E-state index in [1.54, 1.807) is 6.92 Å². The molecule has 1 atom stereocenters. The summed E-state index contributed by atoms with van der Waals surface area (Å²) in [4.78, 5) is 12.1. The van der Waals surface area contributed by atoms with Gasteiger partial charge in [0.2, 0.25) is 0 Å². The van der Waals surface area contributed by atoms with E-state index >= 15 is 0 Å². The molecule has 0 radical (unpaired) electrons. The number of rotatable bonds is 5. The third-order valence-electron chi connectivity index (χ3n) is 3.11. The first-order chi connectivity index (χ1) is 10.9. The highest BCUT2D eigenvalue weighted by atomic mass is 19.3. The maximum atomic E-state index is 13.2. The molecule has 0 fully saturated rings. The zero-order valence-electron chi connectivity index (χ0n) is 12.0. The van der Waals surface area contributed by atoms with Crippen LogP contribution in [-0.4, -0.2) is 12.5 Å². The molecule has 0 aliphatic heterocycles. The molecule has 0 heterocycles. The Morgan fingerprint density at radius 3 is 2.48 bits per heavy atom. The van der Waals surface area contributed by atoms with Gasteiger partial charge in [-0.1, -0.05) is 12.1 Å². The average Bonchev–Trinajstić information content (AvgIpc) is 2.49. The highest BCUT2D eigenvalue weighted by Gasteiger charge is 2.14. The summed E-state index contributed by atoms with van der Waals surface area (Å²) in [6, 6.07) is 7.97. The second kappa shape index (κ2) is 7.13. The van der Waals surface area contributed by atoms with Gasteiger partial charge in [0.25, 0.3) is 5.91 Å². The summed E-state index contributed by atoms with van der Waals surface area (Å²) in [6.45, 7) is -1.40. The molecule has 0 aliphatic rings. The lowest BCUT2D eigenvalue weighted by Crippen LogP contribution is -2.26. The number of hydrogen-bond acceptors (Lipinski definition) is 2. The molecule has 2 aromatic rings. The molecule has 0 aromatic heterocycles. The van der Waals surface area contributed by atoms with Crippen molar-refractivity contribution in [2.45, 2.75) is 19.6 Å². The zero-order valence-corrected chi connectivity index (χ0v) is 12.0. The van der Waals surface area contributed by atoms with Crippen LogP contribution in [0.25, 0.3) is 0 Å². The summed E-state index contributed by atoms with van der Waals surface area (Å²) in [5, 5.41) is 2.57. The molecule has 122 valence electrons. The van der Waals surface area contributed by atoms with Crippen LogP contribution in [-0.2, 0) is 0 Å². The van der Waals surface area contributed by atoms with Crippen molar-refractivity contribution in [2.75, 3.05) is 0 Å². The molecule has 1 amide bonds. The lowest BCUT2D eigenvalue weighted by molar-refractivity contribution is -0.0498. The monoisotopic (exact) mass is 327 g/mol. The summed E-state index contributed by atoms with van der Waals surface area (Å²) in [7, 11) is 0. The van der Waals surface area contributed by atoms with E-state index in [0.717, 1.165) is 12.1 Å². The first-order valence-corrected chi connectivity index (χ1v) is 6.67. The van der Waals surface area contributed by atoms with E-state index in [0.29, 0.717) is 5.56 Å². The molecule has 0 saturated carbocycles. The largest absolute Gasteiger partial charge is 0.435 e. The Hall–Kier alpha value is -2.57. The first kappa shape index (κ1) is 16.8. The van der Waals surface area contributed by atoms with Crippen molar-refractivity contribution in [3.63, 3.8) is 0 Å². The highest BCUT2D eigenvalue weighted by Crippen LogP contribution is 2.19. The van der Waals surface area contributed by atoms with E-state index in [-0.39, 0.29) is 11.3 Å². The fourth-order valence-corrected chi connectivity index (χ4v) is 1.96. The van der Waals surface area contributed by atoms with Gasteiger partial charge in [-0.25, -0.2) is 8.78 Å². The molecule has 7 heteroatoms. The molecule has 1 N–H and O–H groups in total. The number of alkyl halides is 2. The molecule has 0 spiro atoms. The van der Waals surface area contributed by atoms with Gasteiger partial charge < -0.3 is 10.1 Å². The Morgan fingerprint density at radius 1 is 1.09 bits per heavy atom.